The Morgan fingerprint density at radius 1 is 1.47 bits per heavy atom. The van der Waals surface area contributed by atoms with Gasteiger partial charge in [0.2, 0.25) is 0 Å². The molecule has 0 aliphatic heterocycles. The Morgan fingerprint density at radius 2 is 2.32 bits per heavy atom. The lowest BCUT2D eigenvalue weighted by Gasteiger charge is -2.11. The number of nitrogens with zero attached hydrogens (tertiary/aromatic N) is 1. The summed E-state index contributed by atoms with van der Waals surface area (Å²) in [4.78, 5) is 16.3. The number of carbonyl (C=O) groups excluding carboxylic acids is 1. The minimum atomic E-state index is -0.0563. The van der Waals surface area contributed by atoms with Crippen LogP contribution in [0.3, 0.4) is 0 Å². The summed E-state index contributed by atoms with van der Waals surface area (Å²) in [6.45, 7) is 2.63. The van der Waals surface area contributed by atoms with Crippen molar-refractivity contribution in [3.05, 3.63) is 40.7 Å². The third-order valence-electron chi connectivity index (χ3n) is 2.91. The van der Waals surface area contributed by atoms with Crippen molar-refractivity contribution >= 4 is 17.2 Å². The molecule has 5 heteroatoms. The van der Waals surface area contributed by atoms with E-state index >= 15 is 0 Å². The zero-order valence-corrected chi connectivity index (χ0v) is 11.8. The number of nitrogens with one attached hydrogen (secondary N) is 2. The lowest BCUT2D eigenvalue weighted by atomic mass is 10.1. The lowest BCUT2D eigenvalue weighted by Crippen LogP contribution is -2.37. The quantitative estimate of drug-likeness (QED) is 0.879. The van der Waals surface area contributed by atoms with Gasteiger partial charge < -0.3 is 10.6 Å². The number of hydrogen-bond donors (Lipinski definition) is 2. The van der Waals surface area contributed by atoms with Gasteiger partial charge in [0.1, 0.15) is 0 Å². The normalized spacial score (nSPS) is 12.1. The maximum absolute atomic E-state index is 12.0. The van der Waals surface area contributed by atoms with Crippen LogP contribution in [0.4, 0.5) is 0 Å². The molecule has 0 radical (unpaired) electrons. The van der Waals surface area contributed by atoms with E-state index in [1.165, 1.54) is 0 Å². The highest BCUT2D eigenvalue weighted by Crippen LogP contribution is 2.19. The predicted octanol–water partition coefficient (Wildman–Crippen LogP) is 2.15. The predicted molar refractivity (Wildman–Crippen MR) is 78.4 cm³/mol. The summed E-state index contributed by atoms with van der Waals surface area (Å²) in [6.07, 6.45) is 0. The molecule has 0 saturated heterocycles. The fourth-order valence-electron chi connectivity index (χ4n) is 1.62. The first-order valence-corrected chi connectivity index (χ1v) is 7.09. The van der Waals surface area contributed by atoms with Crippen molar-refractivity contribution in [2.75, 3.05) is 13.6 Å². The number of aromatic nitrogens is 1. The smallest absolute Gasteiger partial charge is 0.251 e. The summed E-state index contributed by atoms with van der Waals surface area (Å²) in [5, 5.41) is 7.96. The molecule has 0 aliphatic carbocycles. The zero-order chi connectivity index (χ0) is 13.7. The summed E-state index contributed by atoms with van der Waals surface area (Å²) < 4.78 is 0. The summed E-state index contributed by atoms with van der Waals surface area (Å²) in [6, 6.07) is 7.78. The van der Waals surface area contributed by atoms with Gasteiger partial charge in [-0.05, 0) is 26.1 Å². The Labute approximate surface area is 116 Å². The van der Waals surface area contributed by atoms with E-state index in [2.05, 4.69) is 15.6 Å². The molecule has 0 fully saturated rings. The summed E-state index contributed by atoms with van der Waals surface area (Å²) in [5.41, 5.74) is 4.32. The van der Waals surface area contributed by atoms with Crippen LogP contribution in [-0.4, -0.2) is 30.5 Å². The first-order valence-electron chi connectivity index (χ1n) is 6.15. The molecule has 1 heterocycles. The second-order valence-corrected chi connectivity index (χ2v) is 5.07. The summed E-state index contributed by atoms with van der Waals surface area (Å²) >= 11 is 1.55. The maximum Gasteiger partial charge on any atom is 0.251 e. The van der Waals surface area contributed by atoms with Crippen LogP contribution in [0.1, 0.15) is 17.3 Å². The van der Waals surface area contributed by atoms with Crippen LogP contribution in [0.2, 0.25) is 0 Å². The first-order chi connectivity index (χ1) is 9.20. The topological polar surface area (TPSA) is 54.0 Å². The van der Waals surface area contributed by atoms with Gasteiger partial charge in [-0.1, -0.05) is 12.1 Å². The molecule has 0 bridgehead atoms. The second-order valence-electron chi connectivity index (χ2n) is 4.35. The van der Waals surface area contributed by atoms with Gasteiger partial charge >= 0.3 is 0 Å². The van der Waals surface area contributed by atoms with Crippen LogP contribution < -0.4 is 10.6 Å². The monoisotopic (exact) mass is 275 g/mol. The van der Waals surface area contributed by atoms with Gasteiger partial charge in [0.15, 0.2) is 0 Å². The summed E-state index contributed by atoms with van der Waals surface area (Å²) in [5.74, 6) is -0.0563. The molecule has 19 heavy (non-hydrogen) atoms. The van der Waals surface area contributed by atoms with Gasteiger partial charge in [-0.25, -0.2) is 4.98 Å². The molecule has 2 N–H and O–H groups in total. The molecule has 1 aromatic heterocycles. The molecule has 0 saturated carbocycles. The minimum Gasteiger partial charge on any atom is -0.350 e. The van der Waals surface area contributed by atoms with Crippen molar-refractivity contribution in [2.45, 2.75) is 13.0 Å². The molecule has 0 spiro atoms. The maximum atomic E-state index is 12.0. The van der Waals surface area contributed by atoms with Crippen LogP contribution in [0.15, 0.2) is 35.2 Å². The Hall–Kier alpha value is -1.72. The number of rotatable bonds is 5. The molecule has 1 atom stereocenters. The van der Waals surface area contributed by atoms with E-state index in [-0.39, 0.29) is 11.9 Å². The Kier molecular flexibility index (Phi) is 4.65. The first kappa shape index (κ1) is 13.7. The number of hydrogen-bond acceptors (Lipinski definition) is 4. The number of thiazole rings is 1. The van der Waals surface area contributed by atoms with E-state index in [0.717, 1.165) is 11.3 Å². The minimum absolute atomic E-state index is 0.0563. The Bertz CT molecular complexity index is 539. The van der Waals surface area contributed by atoms with E-state index < -0.39 is 0 Å². The van der Waals surface area contributed by atoms with E-state index in [0.29, 0.717) is 12.1 Å². The van der Waals surface area contributed by atoms with E-state index in [1.807, 2.05) is 43.6 Å². The largest absolute Gasteiger partial charge is 0.350 e. The van der Waals surface area contributed by atoms with Crippen LogP contribution in [0.5, 0.6) is 0 Å². The summed E-state index contributed by atoms with van der Waals surface area (Å²) in [7, 11) is 1.87. The van der Waals surface area contributed by atoms with Gasteiger partial charge in [-0.2, -0.15) is 0 Å². The third-order valence-corrected chi connectivity index (χ3v) is 3.50. The van der Waals surface area contributed by atoms with E-state index in [1.54, 1.807) is 16.8 Å². The number of likely N-dealkylation sites (N-methyl/N-ethyl adjacent to an activating group) is 1. The number of carbonyl (C=O) groups is 1. The number of amides is 1. The van der Waals surface area contributed by atoms with E-state index in [4.69, 9.17) is 0 Å². The van der Waals surface area contributed by atoms with Crippen molar-refractivity contribution in [3.8, 4) is 11.3 Å². The standard InChI is InChI=1S/C14H17N3OS/c1-10(15-2)7-16-14(18)12-5-3-4-11(6-12)13-8-19-9-17-13/h3-6,8-10,15H,7H2,1-2H3,(H,16,18). The zero-order valence-electron chi connectivity index (χ0n) is 11.0. The number of benzene rings is 1. The average Bonchev–Trinajstić information content (AvgIpc) is 2.98. The van der Waals surface area contributed by atoms with Crippen LogP contribution >= 0.6 is 11.3 Å². The fraction of sp³-hybridized carbons (Fsp3) is 0.286. The van der Waals surface area contributed by atoms with Crippen molar-refractivity contribution in [1.82, 2.24) is 15.6 Å². The highest BCUT2D eigenvalue weighted by Gasteiger charge is 2.08. The Balaban J connectivity index is 2.08. The molecule has 100 valence electrons. The molecule has 2 aromatic rings. The SMILES string of the molecule is CNC(C)CNC(=O)c1cccc(-c2cscn2)c1. The molecule has 4 nitrogen and oxygen atoms in total. The molecule has 0 aliphatic rings. The molecular weight excluding hydrogens is 258 g/mol. The van der Waals surface area contributed by atoms with Crippen molar-refractivity contribution in [2.24, 2.45) is 0 Å². The highest BCUT2D eigenvalue weighted by atomic mass is 32.1. The van der Waals surface area contributed by atoms with Crippen molar-refractivity contribution in [1.29, 1.82) is 0 Å². The van der Waals surface area contributed by atoms with Crippen LogP contribution in [0.25, 0.3) is 11.3 Å². The fourth-order valence-corrected chi connectivity index (χ4v) is 2.19. The van der Waals surface area contributed by atoms with Gasteiger partial charge in [-0.3, -0.25) is 4.79 Å². The third kappa shape index (κ3) is 3.62. The second kappa shape index (κ2) is 6.45. The molecular formula is C14H17N3OS. The average molecular weight is 275 g/mol. The molecule has 1 amide bonds. The highest BCUT2D eigenvalue weighted by molar-refractivity contribution is 7.07. The van der Waals surface area contributed by atoms with E-state index in [9.17, 15) is 4.79 Å². The Morgan fingerprint density at radius 3 is 3.00 bits per heavy atom. The van der Waals surface area contributed by atoms with Gasteiger partial charge in [0, 0.05) is 29.1 Å². The van der Waals surface area contributed by atoms with Crippen molar-refractivity contribution in [3.63, 3.8) is 0 Å². The van der Waals surface area contributed by atoms with Gasteiger partial charge in [-0.15, -0.1) is 11.3 Å². The molecule has 2 rings (SSSR count). The lowest BCUT2D eigenvalue weighted by molar-refractivity contribution is 0.0950. The van der Waals surface area contributed by atoms with Crippen molar-refractivity contribution < 1.29 is 4.79 Å². The molecule has 1 unspecified atom stereocenters. The van der Waals surface area contributed by atoms with Gasteiger partial charge in [0.25, 0.3) is 5.91 Å². The van der Waals surface area contributed by atoms with Crippen LogP contribution in [0, 0.1) is 0 Å². The van der Waals surface area contributed by atoms with Gasteiger partial charge in [0.05, 0.1) is 11.2 Å². The van der Waals surface area contributed by atoms with Crippen LogP contribution in [-0.2, 0) is 0 Å². The molecule has 1 aromatic carbocycles.